The van der Waals surface area contributed by atoms with Gasteiger partial charge in [-0.05, 0) is 56.1 Å². The molecule has 25 heavy (non-hydrogen) atoms. The first-order valence-electron chi connectivity index (χ1n) is 8.44. The Morgan fingerprint density at radius 2 is 2.00 bits per heavy atom. The van der Waals surface area contributed by atoms with Crippen LogP contribution in [-0.2, 0) is 12.8 Å². The molecule has 1 atom stereocenters. The van der Waals surface area contributed by atoms with Crippen molar-refractivity contribution in [2.75, 3.05) is 13.1 Å². The van der Waals surface area contributed by atoms with Gasteiger partial charge in [-0.1, -0.05) is 23.7 Å². The topological polar surface area (TPSA) is 68.0 Å². The molecule has 0 amide bonds. The van der Waals surface area contributed by atoms with E-state index in [0.717, 1.165) is 38.2 Å². The van der Waals surface area contributed by atoms with Crippen LogP contribution in [0.15, 0.2) is 28.8 Å². The van der Waals surface area contributed by atoms with E-state index in [2.05, 4.69) is 15.5 Å². The molecule has 5 nitrogen and oxygen atoms in total. The molecule has 2 heterocycles. The largest absolute Gasteiger partial charge is 0.339 e. The predicted octanol–water partition coefficient (Wildman–Crippen LogP) is 3.75. The average molecular weight is 384 g/mol. The van der Waals surface area contributed by atoms with Gasteiger partial charge in [0, 0.05) is 29.3 Å². The summed E-state index contributed by atoms with van der Waals surface area (Å²) >= 11 is 5.86. The summed E-state index contributed by atoms with van der Waals surface area (Å²) in [5.41, 5.74) is 0.654. The highest BCUT2D eigenvalue weighted by molar-refractivity contribution is 6.30. The Labute approximate surface area is 158 Å². The fourth-order valence-corrected chi connectivity index (χ4v) is 3.18. The van der Waals surface area contributed by atoms with E-state index in [-0.39, 0.29) is 24.1 Å². The van der Waals surface area contributed by atoms with Crippen LogP contribution < -0.4 is 5.32 Å². The molecule has 7 heteroatoms. The van der Waals surface area contributed by atoms with E-state index in [4.69, 9.17) is 16.1 Å². The van der Waals surface area contributed by atoms with Crippen molar-refractivity contribution < 1.29 is 9.32 Å². The number of benzene rings is 1. The number of nitrogens with one attached hydrogen (secondary N) is 1. The predicted molar refractivity (Wildman–Crippen MR) is 99.5 cm³/mol. The van der Waals surface area contributed by atoms with E-state index in [1.165, 1.54) is 0 Å². The van der Waals surface area contributed by atoms with Gasteiger partial charge in [0.2, 0.25) is 5.89 Å². The molecule has 1 N–H and O–H groups in total. The summed E-state index contributed by atoms with van der Waals surface area (Å²) in [5, 5.41) is 8.05. The van der Waals surface area contributed by atoms with Gasteiger partial charge in [-0.25, -0.2) is 0 Å². The smallest absolute Gasteiger partial charge is 0.227 e. The molecular formula is C18H23Cl2N3O2. The zero-order valence-electron chi connectivity index (χ0n) is 14.2. The zero-order chi connectivity index (χ0) is 16.9. The zero-order valence-corrected chi connectivity index (χ0v) is 15.8. The maximum Gasteiger partial charge on any atom is 0.227 e. The van der Waals surface area contributed by atoms with Crippen molar-refractivity contribution in [3.63, 3.8) is 0 Å². The Morgan fingerprint density at radius 3 is 2.68 bits per heavy atom. The highest BCUT2D eigenvalue weighted by Crippen LogP contribution is 2.19. The van der Waals surface area contributed by atoms with Crippen LogP contribution in [0.25, 0.3) is 0 Å². The van der Waals surface area contributed by atoms with Crippen LogP contribution in [0.1, 0.15) is 41.8 Å². The number of hydrogen-bond acceptors (Lipinski definition) is 5. The van der Waals surface area contributed by atoms with E-state index in [1.54, 1.807) is 24.3 Å². The first kappa shape index (κ1) is 19.9. The van der Waals surface area contributed by atoms with Crippen LogP contribution in [0.5, 0.6) is 0 Å². The highest BCUT2D eigenvalue weighted by atomic mass is 35.5. The maximum absolute atomic E-state index is 12.4. The van der Waals surface area contributed by atoms with Gasteiger partial charge in [-0.2, -0.15) is 4.98 Å². The van der Waals surface area contributed by atoms with E-state index >= 15 is 0 Å². The number of carbonyl (C=O) groups is 1. The average Bonchev–Trinajstić information content (AvgIpc) is 3.02. The van der Waals surface area contributed by atoms with Gasteiger partial charge in [-0.15, -0.1) is 12.4 Å². The van der Waals surface area contributed by atoms with Crippen molar-refractivity contribution >= 4 is 29.8 Å². The van der Waals surface area contributed by atoms with Gasteiger partial charge < -0.3 is 9.84 Å². The highest BCUT2D eigenvalue weighted by Gasteiger charge is 2.21. The number of aromatic nitrogens is 2. The van der Waals surface area contributed by atoms with Gasteiger partial charge in [0.05, 0.1) is 0 Å². The summed E-state index contributed by atoms with van der Waals surface area (Å²) in [7, 11) is 0. The van der Waals surface area contributed by atoms with Gasteiger partial charge in [0.1, 0.15) is 0 Å². The summed E-state index contributed by atoms with van der Waals surface area (Å²) in [5.74, 6) is 1.75. The second-order valence-electron chi connectivity index (χ2n) is 6.48. The van der Waals surface area contributed by atoms with Gasteiger partial charge in [-0.3, -0.25) is 4.79 Å². The normalized spacial score (nSPS) is 16.2. The fraction of sp³-hybridized carbons (Fsp3) is 0.500. The first-order valence-corrected chi connectivity index (χ1v) is 8.81. The standard InChI is InChI=1S/C18H22ClN3O2.ClH/c1-12(18(23)14-2-4-15(19)5-3-14)10-17-21-16(22-24-17)11-13-6-8-20-9-7-13;/h2-5,12-13,20H,6-11H2,1H3;1H. The lowest BCUT2D eigenvalue weighted by Gasteiger charge is -2.20. The first-order chi connectivity index (χ1) is 11.6. The molecule has 2 aromatic rings. The third-order valence-corrected chi connectivity index (χ3v) is 4.75. The van der Waals surface area contributed by atoms with Crippen LogP contribution in [0.4, 0.5) is 0 Å². The number of Topliss-reactive ketones (excluding diaryl/α,β-unsaturated/α-hetero) is 1. The molecule has 0 aliphatic carbocycles. The summed E-state index contributed by atoms with van der Waals surface area (Å²) < 4.78 is 5.33. The van der Waals surface area contributed by atoms with Crippen LogP contribution in [0, 0.1) is 11.8 Å². The Hall–Kier alpha value is -1.43. The van der Waals surface area contributed by atoms with E-state index in [0.29, 0.717) is 28.8 Å². The fourth-order valence-electron chi connectivity index (χ4n) is 3.05. The number of halogens is 2. The summed E-state index contributed by atoms with van der Waals surface area (Å²) in [6.07, 6.45) is 3.61. The van der Waals surface area contributed by atoms with E-state index in [1.807, 2.05) is 6.92 Å². The van der Waals surface area contributed by atoms with E-state index in [9.17, 15) is 4.79 Å². The van der Waals surface area contributed by atoms with Crippen LogP contribution in [0.3, 0.4) is 0 Å². The molecule has 1 unspecified atom stereocenters. The number of piperidine rings is 1. The molecule has 0 bridgehead atoms. The number of ketones is 1. The van der Waals surface area contributed by atoms with Gasteiger partial charge in [0.25, 0.3) is 0 Å². The lowest BCUT2D eigenvalue weighted by Crippen LogP contribution is -2.28. The summed E-state index contributed by atoms with van der Waals surface area (Å²) in [6, 6.07) is 6.95. The molecule has 0 spiro atoms. The molecular weight excluding hydrogens is 361 g/mol. The Balaban J connectivity index is 0.00000225. The third kappa shape index (κ3) is 5.53. The van der Waals surface area contributed by atoms with Crippen molar-refractivity contribution in [2.24, 2.45) is 11.8 Å². The van der Waals surface area contributed by atoms with Crippen molar-refractivity contribution in [3.8, 4) is 0 Å². The third-order valence-electron chi connectivity index (χ3n) is 4.50. The minimum Gasteiger partial charge on any atom is -0.339 e. The molecule has 136 valence electrons. The Morgan fingerprint density at radius 1 is 1.32 bits per heavy atom. The van der Waals surface area contributed by atoms with Crippen LogP contribution in [-0.4, -0.2) is 29.0 Å². The SMILES string of the molecule is CC(Cc1nc(CC2CCNCC2)no1)C(=O)c1ccc(Cl)cc1.Cl. The number of carbonyl (C=O) groups excluding carboxylic acids is 1. The monoisotopic (exact) mass is 383 g/mol. The Kier molecular flexibility index (Phi) is 7.41. The molecule has 1 saturated heterocycles. The molecule has 1 aliphatic heterocycles. The lowest BCUT2D eigenvalue weighted by molar-refractivity contribution is 0.0923. The Bertz CT molecular complexity index is 682. The molecule has 0 saturated carbocycles. The van der Waals surface area contributed by atoms with Crippen LogP contribution >= 0.6 is 24.0 Å². The van der Waals surface area contributed by atoms with Crippen molar-refractivity contribution in [1.29, 1.82) is 0 Å². The van der Waals surface area contributed by atoms with E-state index < -0.39 is 0 Å². The quantitative estimate of drug-likeness (QED) is 0.769. The van der Waals surface area contributed by atoms with Crippen molar-refractivity contribution in [2.45, 2.75) is 32.6 Å². The number of rotatable bonds is 6. The second kappa shape index (κ2) is 9.32. The number of nitrogens with zero attached hydrogens (tertiary/aromatic N) is 2. The molecule has 3 rings (SSSR count). The van der Waals surface area contributed by atoms with Crippen molar-refractivity contribution in [3.05, 3.63) is 46.6 Å². The summed E-state index contributed by atoms with van der Waals surface area (Å²) in [4.78, 5) is 16.9. The van der Waals surface area contributed by atoms with Crippen molar-refractivity contribution in [1.82, 2.24) is 15.5 Å². The minimum atomic E-state index is -0.210. The molecule has 1 aliphatic rings. The molecule has 1 aromatic carbocycles. The maximum atomic E-state index is 12.4. The van der Waals surface area contributed by atoms with Crippen LogP contribution in [0.2, 0.25) is 5.02 Å². The van der Waals surface area contributed by atoms with Gasteiger partial charge in [0.15, 0.2) is 11.6 Å². The molecule has 0 radical (unpaired) electrons. The minimum absolute atomic E-state index is 0. The summed E-state index contributed by atoms with van der Waals surface area (Å²) in [6.45, 7) is 4.00. The lowest BCUT2D eigenvalue weighted by atomic mass is 9.94. The van der Waals surface area contributed by atoms with Gasteiger partial charge >= 0.3 is 0 Å². The molecule has 1 aromatic heterocycles. The number of hydrogen-bond donors (Lipinski definition) is 1. The molecule has 1 fully saturated rings. The second-order valence-corrected chi connectivity index (χ2v) is 6.91.